The molecule has 3 amide bonds. The molecule has 2 aromatic rings. The van der Waals surface area contributed by atoms with Gasteiger partial charge >= 0.3 is 18.2 Å². The number of aryl methyl sites for hydroxylation is 1. The van der Waals surface area contributed by atoms with Crippen LogP contribution >= 0.6 is 11.6 Å². The van der Waals surface area contributed by atoms with E-state index in [0.717, 1.165) is 28.2 Å². The van der Waals surface area contributed by atoms with E-state index < -0.39 is 95.4 Å². The molecule has 4 N–H and O–H groups in total. The zero-order valence-corrected chi connectivity index (χ0v) is 33.7. The Hall–Kier alpha value is -4.64. The van der Waals surface area contributed by atoms with E-state index >= 15 is 0 Å². The zero-order chi connectivity index (χ0) is 42.4. The van der Waals surface area contributed by atoms with Crippen molar-refractivity contribution in [3.05, 3.63) is 81.4 Å². The van der Waals surface area contributed by atoms with Crippen molar-refractivity contribution in [1.82, 2.24) is 10.2 Å². The molecule has 0 spiro atoms. The molecule has 3 aliphatic heterocycles. The minimum atomic E-state index is -4.83. The van der Waals surface area contributed by atoms with Gasteiger partial charge in [-0.2, -0.15) is 13.2 Å². The number of alkyl halides is 3. The van der Waals surface area contributed by atoms with Crippen LogP contribution in [-0.4, -0.2) is 96.9 Å². The third kappa shape index (κ3) is 9.09. The van der Waals surface area contributed by atoms with Gasteiger partial charge in [0.05, 0.1) is 28.8 Å². The molecule has 0 unspecified atom stereocenters. The topological polar surface area (TPSA) is 173 Å². The largest absolute Gasteiger partial charge is 0.457 e. The molecule has 17 heteroatoms. The van der Waals surface area contributed by atoms with Crippen molar-refractivity contribution in [2.75, 3.05) is 31.8 Å². The molecule has 3 aliphatic rings. The van der Waals surface area contributed by atoms with Crippen LogP contribution < -0.4 is 16.0 Å². The Balaban J connectivity index is 1.50. The highest BCUT2D eigenvalue weighted by Gasteiger charge is 2.64. The first kappa shape index (κ1) is 43.5. The summed E-state index contributed by atoms with van der Waals surface area (Å²) in [5.41, 5.74) is 3.01. The van der Waals surface area contributed by atoms with E-state index in [1.54, 1.807) is 32.1 Å². The highest BCUT2D eigenvalue weighted by Crippen LogP contribution is 2.49. The number of aliphatic hydroxyl groups is 1. The van der Waals surface area contributed by atoms with E-state index in [1.807, 2.05) is 26.0 Å². The predicted octanol–water partition coefficient (Wildman–Crippen LogP) is 5.73. The van der Waals surface area contributed by atoms with Gasteiger partial charge in [0.15, 0.2) is 5.72 Å². The van der Waals surface area contributed by atoms with Crippen LogP contribution in [-0.2, 0) is 41.1 Å². The molecule has 13 nitrogen and oxygen atoms in total. The molecular formula is C40H48ClF3N4O9. The highest BCUT2D eigenvalue weighted by atomic mass is 35.5. The number of nitrogen functional groups attached to an aromatic ring is 1. The Morgan fingerprint density at radius 1 is 1.19 bits per heavy atom. The molecule has 2 fully saturated rings. The second-order valence-electron chi connectivity index (χ2n) is 15.2. The lowest BCUT2D eigenvalue weighted by atomic mass is 9.83. The van der Waals surface area contributed by atoms with Crippen LogP contribution in [0.4, 0.5) is 29.3 Å². The fourth-order valence-corrected chi connectivity index (χ4v) is 7.59. The Morgan fingerprint density at radius 3 is 2.53 bits per heavy atom. The first-order chi connectivity index (χ1) is 26.5. The molecular weight excluding hydrogens is 773 g/mol. The SMILES string of the molecule is CO[C@@H]1/C=C/C=C(\C)Cc2cc(C)c(Cl)c(c2)N(C)C(=O)C[C@H](OC(=O)[C@H](C)N(C)C(=O)c2ccc(N)c(C(F)(F)F)c2)[C@]2(C)O[C@H]2[C@H](C)[C@@H]2C[C@@]1(O)NC(=O)O2. The van der Waals surface area contributed by atoms with E-state index in [-0.39, 0.29) is 12.0 Å². The van der Waals surface area contributed by atoms with Crippen LogP contribution in [0.3, 0.4) is 0 Å². The number of rotatable bonds is 5. The number of nitrogens with two attached hydrogens (primary N) is 1. The number of epoxide rings is 1. The number of nitrogens with one attached hydrogen (secondary N) is 1. The summed E-state index contributed by atoms with van der Waals surface area (Å²) >= 11 is 6.74. The number of hydrogen-bond acceptors (Lipinski definition) is 10. The number of amides is 3. The standard InChI is InChI=1S/C40H48ClF3N4O9/c1-20-10-9-11-30(54-8)39(53)19-29(55-37(52)46-39)22(3)34-38(5,57-34)31(18-32(49)48(7)28-16-24(14-20)15-21(2)33(28)41)56-36(51)23(4)47(6)35(50)25-12-13-27(45)26(17-25)40(42,43)44/h9-13,15-17,22-23,29-31,34,53H,14,18-19,45H2,1-8H3,(H,46,52)/b11-9+,20-10+/t22-,23+,29+,30-,31+,34+,38+,39+/m1/s1. The van der Waals surface area contributed by atoms with Gasteiger partial charge in [-0.05, 0) is 69.5 Å². The lowest BCUT2D eigenvalue weighted by Crippen LogP contribution is -2.63. The molecule has 310 valence electrons. The summed E-state index contributed by atoms with van der Waals surface area (Å²) in [5, 5.41) is 14.5. The fourth-order valence-electron chi connectivity index (χ4n) is 7.35. The molecule has 0 saturated carbocycles. The maximum Gasteiger partial charge on any atom is 0.418 e. The smallest absolute Gasteiger partial charge is 0.418 e. The first-order valence-corrected chi connectivity index (χ1v) is 18.6. The summed E-state index contributed by atoms with van der Waals surface area (Å²) in [7, 11) is 4.16. The lowest BCUT2D eigenvalue weighted by molar-refractivity contribution is -0.158. The zero-order valence-electron chi connectivity index (χ0n) is 32.9. The number of benzene rings is 2. The Morgan fingerprint density at radius 2 is 1.88 bits per heavy atom. The number of alkyl carbamates (subject to hydrolysis) is 1. The van der Waals surface area contributed by atoms with Crippen LogP contribution in [0.1, 0.15) is 67.6 Å². The number of nitrogens with zero attached hydrogens (tertiary/aromatic N) is 2. The fraction of sp³-hybridized carbons (Fsp3) is 0.500. The Kier molecular flexibility index (Phi) is 12.4. The van der Waals surface area contributed by atoms with Crippen molar-refractivity contribution in [3.63, 3.8) is 0 Å². The van der Waals surface area contributed by atoms with Crippen molar-refractivity contribution in [2.45, 2.75) is 102 Å². The number of halogens is 4. The molecule has 4 bridgehead atoms. The minimum absolute atomic E-state index is 0.123. The second kappa shape index (κ2) is 16.3. The number of esters is 1. The van der Waals surface area contributed by atoms with Crippen molar-refractivity contribution in [2.24, 2.45) is 5.92 Å². The van der Waals surface area contributed by atoms with Crippen LogP contribution in [0.15, 0.2) is 54.1 Å². The summed E-state index contributed by atoms with van der Waals surface area (Å²) in [5.74, 6) is -3.03. The van der Waals surface area contributed by atoms with Crippen molar-refractivity contribution >= 4 is 46.9 Å². The van der Waals surface area contributed by atoms with Gasteiger partial charge in [0, 0.05) is 44.8 Å². The van der Waals surface area contributed by atoms with Gasteiger partial charge in [0.25, 0.3) is 5.91 Å². The van der Waals surface area contributed by atoms with Crippen molar-refractivity contribution < 1.29 is 56.4 Å². The highest BCUT2D eigenvalue weighted by molar-refractivity contribution is 6.34. The van der Waals surface area contributed by atoms with Gasteiger partial charge < -0.3 is 39.6 Å². The quantitative estimate of drug-likeness (QED) is 0.192. The molecule has 5 rings (SSSR count). The molecule has 0 radical (unpaired) electrons. The number of fused-ring (bicyclic) bond motifs is 5. The maximum atomic E-state index is 14.1. The number of hydrogen-bond donors (Lipinski definition) is 3. The van der Waals surface area contributed by atoms with Gasteiger partial charge in [-0.15, -0.1) is 0 Å². The van der Waals surface area contributed by atoms with E-state index in [1.165, 1.54) is 33.0 Å². The monoisotopic (exact) mass is 820 g/mol. The van der Waals surface area contributed by atoms with Gasteiger partial charge in [-0.25, -0.2) is 9.59 Å². The van der Waals surface area contributed by atoms with Gasteiger partial charge in [-0.3, -0.25) is 14.9 Å². The normalized spacial score (nSPS) is 30.2. The van der Waals surface area contributed by atoms with Crippen LogP contribution in [0.25, 0.3) is 0 Å². The molecule has 3 heterocycles. The number of methoxy groups -OCH3 is 1. The average molecular weight is 821 g/mol. The van der Waals surface area contributed by atoms with E-state index in [4.69, 9.17) is 36.3 Å². The Labute approximate surface area is 333 Å². The molecule has 57 heavy (non-hydrogen) atoms. The van der Waals surface area contributed by atoms with Gasteiger partial charge in [0.1, 0.15) is 30.0 Å². The van der Waals surface area contributed by atoms with Gasteiger partial charge in [-0.1, -0.05) is 48.4 Å². The number of likely N-dealkylation sites (N-methyl/N-ethyl adjacent to an activating group) is 1. The molecule has 8 atom stereocenters. The number of carbonyl (C=O) groups excluding carboxylic acids is 4. The molecule has 0 aliphatic carbocycles. The molecule has 2 saturated heterocycles. The summed E-state index contributed by atoms with van der Waals surface area (Å²) < 4.78 is 64.2. The number of anilines is 2. The number of carbonyl (C=O) groups is 4. The minimum Gasteiger partial charge on any atom is -0.457 e. The second-order valence-corrected chi connectivity index (χ2v) is 15.6. The summed E-state index contributed by atoms with van der Waals surface area (Å²) in [6.07, 6.45) is -4.62. The maximum absolute atomic E-state index is 14.1. The van der Waals surface area contributed by atoms with Crippen molar-refractivity contribution in [3.8, 4) is 0 Å². The first-order valence-electron chi connectivity index (χ1n) is 18.3. The van der Waals surface area contributed by atoms with E-state index in [9.17, 15) is 37.5 Å². The van der Waals surface area contributed by atoms with E-state index in [0.29, 0.717) is 28.8 Å². The summed E-state index contributed by atoms with van der Waals surface area (Å²) in [6.45, 7) is 8.39. The number of allylic oxidation sites excluding steroid dienone is 3. The van der Waals surface area contributed by atoms with Crippen LogP contribution in [0, 0.1) is 12.8 Å². The lowest BCUT2D eigenvalue weighted by Gasteiger charge is -2.42. The average Bonchev–Trinajstić information content (AvgIpc) is 3.83. The van der Waals surface area contributed by atoms with E-state index in [2.05, 4.69) is 5.32 Å². The predicted molar refractivity (Wildman–Crippen MR) is 204 cm³/mol. The Bertz CT molecular complexity index is 1990. The van der Waals surface area contributed by atoms with Crippen molar-refractivity contribution in [1.29, 1.82) is 0 Å². The number of ether oxygens (including phenoxy) is 4. The van der Waals surface area contributed by atoms with Crippen LogP contribution in [0.2, 0.25) is 5.02 Å². The summed E-state index contributed by atoms with van der Waals surface area (Å²) in [6, 6.07) is 5.02. The third-order valence-corrected chi connectivity index (χ3v) is 11.5. The molecule has 2 aromatic carbocycles. The van der Waals surface area contributed by atoms with Gasteiger partial charge in [0.2, 0.25) is 5.91 Å². The third-order valence-electron chi connectivity index (χ3n) is 11.1. The summed E-state index contributed by atoms with van der Waals surface area (Å²) in [4.78, 5) is 56.5. The van der Waals surface area contributed by atoms with Crippen LogP contribution in [0.5, 0.6) is 0 Å². The molecule has 0 aromatic heterocycles.